The minimum atomic E-state index is -0.432. The summed E-state index contributed by atoms with van der Waals surface area (Å²) in [5.41, 5.74) is 4.38. The molecule has 5 rings (SSSR count). The summed E-state index contributed by atoms with van der Waals surface area (Å²) in [4.78, 5) is 20.5. The fourth-order valence-electron chi connectivity index (χ4n) is 7.26. The van der Waals surface area contributed by atoms with E-state index < -0.39 is 5.97 Å². The first kappa shape index (κ1) is 47.7. The molecular weight excluding hydrogens is 783 g/mol. The van der Waals surface area contributed by atoms with Crippen molar-refractivity contribution in [2.24, 2.45) is 0 Å². The second kappa shape index (κ2) is 28.5. The summed E-state index contributed by atoms with van der Waals surface area (Å²) in [5, 5.41) is 9.88. The maximum Gasteiger partial charge on any atom is 0.308 e. The number of nitrogens with zero attached hydrogens (tertiary/aromatic N) is 6. The Morgan fingerprint density at radius 1 is 0.746 bits per heavy atom. The molecule has 0 fully saturated rings. The molecule has 0 atom stereocenters. The SMILES string of the molecule is CC(=O)Oc1c(-c2cn(CCCCCCOCCCc3ccc[n+](CCCCCCCCCCCCOCCCc4cccnc4)c3)nn2)cc(Cl)c2cccnc12.Cl. The van der Waals surface area contributed by atoms with E-state index in [0.717, 1.165) is 90.9 Å². The van der Waals surface area contributed by atoms with Gasteiger partial charge in [0.1, 0.15) is 17.8 Å². The predicted octanol–water partition coefficient (Wildman–Crippen LogP) is 10.9. The molecule has 0 saturated heterocycles. The lowest BCUT2D eigenvalue weighted by molar-refractivity contribution is -0.697. The third-order valence-corrected chi connectivity index (χ3v) is 10.7. The zero-order chi connectivity index (χ0) is 40.5. The van der Waals surface area contributed by atoms with E-state index in [0.29, 0.717) is 32.9 Å². The first-order valence-electron chi connectivity index (χ1n) is 21.8. The van der Waals surface area contributed by atoms with Crippen LogP contribution in [-0.4, -0.2) is 57.4 Å². The molecule has 0 aliphatic rings. The van der Waals surface area contributed by atoms with Crippen molar-refractivity contribution in [3.05, 3.63) is 95.8 Å². The number of ether oxygens (including phenoxy) is 3. The van der Waals surface area contributed by atoms with E-state index in [2.05, 4.69) is 55.4 Å². The molecule has 4 heterocycles. The second-order valence-corrected chi connectivity index (χ2v) is 15.7. The molecule has 10 nitrogen and oxygen atoms in total. The highest BCUT2D eigenvalue weighted by Gasteiger charge is 2.19. The third kappa shape index (κ3) is 18.1. The van der Waals surface area contributed by atoms with Gasteiger partial charge in [0.25, 0.3) is 0 Å². The number of halogens is 2. The van der Waals surface area contributed by atoms with E-state index >= 15 is 0 Å². The third-order valence-electron chi connectivity index (χ3n) is 10.4. The minimum Gasteiger partial charge on any atom is -0.424 e. The number of rotatable bonds is 30. The number of carbonyl (C=O) groups excluding carboxylic acids is 1. The molecule has 0 bridgehead atoms. The predicted molar refractivity (Wildman–Crippen MR) is 238 cm³/mol. The number of benzene rings is 1. The summed E-state index contributed by atoms with van der Waals surface area (Å²) < 4.78 is 21.5. The maximum absolute atomic E-state index is 11.9. The molecule has 5 aromatic rings. The van der Waals surface area contributed by atoms with Crippen LogP contribution in [0.1, 0.15) is 121 Å². The lowest BCUT2D eigenvalue weighted by atomic mass is 10.1. The molecule has 0 aliphatic carbocycles. The highest BCUT2D eigenvalue weighted by Crippen LogP contribution is 2.39. The Bertz CT molecular complexity index is 1910. The first-order chi connectivity index (χ1) is 28.6. The Balaban J connectivity index is 0.00000769. The zero-order valence-corrected chi connectivity index (χ0v) is 36.7. The van der Waals surface area contributed by atoms with Crippen LogP contribution in [0.5, 0.6) is 5.75 Å². The Morgan fingerprint density at radius 3 is 2.07 bits per heavy atom. The van der Waals surface area contributed by atoms with E-state index in [-0.39, 0.29) is 12.4 Å². The first-order valence-corrected chi connectivity index (χ1v) is 22.1. The van der Waals surface area contributed by atoms with Gasteiger partial charge in [0.15, 0.2) is 18.1 Å². The van der Waals surface area contributed by atoms with Gasteiger partial charge in [0.05, 0.1) is 16.8 Å². The smallest absolute Gasteiger partial charge is 0.308 e. The second-order valence-electron chi connectivity index (χ2n) is 15.3. The quantitative estimate of drug-likeness (QED) is 0.0195. The van der Waals surface area contributed by atoms with Crippen LogP contribution in [0.3, 0.4) is 0 Å². The number of hydrogen-bond donors (Lipinski definition) is 0. The number of hydrogen-bond acceptors (Lipinski definition) is 8. The molecule has 320 valence electrons. The summed E-state index contributed by atoms with van der Waals surface area (Å²) in [6.07, 6.45) is 33.4. The Morgan fingerprint density at radius 2 is 1.37 bits per heavy atom. The summed E-state index contributed by atoms with van der Waals surface area (Å²) in [6, 6.07) is 14.0. The van der Waals surface area contributed by atoms with Gasteiger partial charge in [0.2, 0.25) is 0 Å². The number of pyridine rings is 3. The summed E-state index contributed by atoms with van der Waals surface area (Å²) >= 11 is 6.54. The molecule has 0 spiro atoms. The van der Waals surface area contributed by atoms with Crippen LogP contribution in [-0.2, 0) is 40.2 Å². The Kier molecular flexibility index (Phi) is 23.0. The molecule has 0 amide bonds. The maximum atomic E-state index is 11.9. The van der Waals surface area contributed by atoms with Crippen LogP contribution in [0.2, 0.25) is 5.02 Å². The van der Waals surface area contributed by atoms with Gasteiger partial charge in [-0.3, -0.25) is 19.4 Å². The summed E-state index contributed by atoms with van der Waals surface area (Å²) in [6.45, 7) is 6.56. The van der Waals surface area contributed by atoms with Gasteiger partial charge in [0, 0.05) is 81.9 Å². The fraction of sp³-hybridized carbons (Fsp3) is 0.532. The van der Waals surface area contributed by atoms with Crippen molar-refractivity contribution < 1.29 is 23.6 Å². The molecule has 0 saturated carbocycles. The number of aryl methyl sites for hydroxylation is 4. The molecule has 4 aromatic heterocycles. The molecule has 0 radical (unpaired) electrons. The largest absolute Gasteiger partial charge is 0.424 e. The van der Waals surface area contributed by atoms with Gasteiger partial charge < -0.3 is 14.2 Å². The van der Waals surface area contributed by atoms with Crippen LogP contribution >= 0.6 is 24.0 Å². The van der Waals surface area contributed by atoms with Gasteiger partial charge in [-0.25, -0.2) is 4.57 Å². The highest BCUT2D eigenvalue weighted by atomic mass is 35.5. The van der Waals surface area contributed by atoms with Crippen LogP contribution in [0, 0.1) is 0 Å². The molecule has 0 N–H and O–H groups in total. The average Bonchev–Trinajstić information content (AvgIpc) is 3.71. The standard InChI is InChI=1S/C47H64ClN6O4.ClH/c1-39(55)58-47-43(35-44(48)42-25-17-27-50-46(42)47)45-38-54(52-51-45)30-13-9-11-15-32-57-34-20-24-41-22-18-29-53(37-41)28-12-8-6-4-2-3-5-7-10-14-31-56-33-19-23-40-21-16-26-49-36-40;/h16-18,21-22,25-27,29,35-38H,2-15,19-20,23-24,28,30-34H2,1H3;1H/q+1;. The number of unbranched alkanes of at least 4 members (excludes halogenated alkanes) is 12. The molecule has 1 aromatic carbocycles. The Labute approximate surface area is 362 Å². The topological polar surface area (TPSA) is 105 Å². The lowest BCUT2D eigenvalue weighted by Crippen LogP contribution is -2.33. The number of esters is 1. The number of fused-ring (bicyclic) bond motifs is 1. The van der Waals surface area contributed by atoms with Crippen LogP contribution in [0.4, 0.5) is 0 Å². The van der Waals surface area contributed by atoms with Gasteiger partial charge in [-0.2, -0.15) is 0 Å². The van der Waals surface area contributed by atoms with Gasteiger partial charge in [-0.1, -0.05) is 80.7 Å². The van der Waals surface area contributed by atoms with E-state index in [1.54, 1.807) is 18.3 Å². The molecular formula is C47H65Cl2N6O4+. The molecule has 0 aliphatic heterocycles. The zero-order valence-electron chi connectivity index (χ0n) is 35.1. The fourth-order valence-corrected chi connectivity index (χ4v) is 7.52. The van der Waals surface area contributed by atoms with Crippen molar-refractivity contribution in [3.63, 3.8) is 0 Å². The van der Waals surface area contributed by atoms with E-state index in [1.165, 1.54) is 82.3 Å². The lowest BCUT2D eigenvalue weighted by Gasteiger charge is -2.11. The summed E-state index contributed by atoms with van der Waals surface area (Å²) in [5.74, 6) is -0.0866. The molecule has 59 heavy (non-hydrogen) atoms. The van der Waals surface area contributed by atoms with Gasteiger partial charge in [-0.15, -0.1) is 17.5 Å². The van der Waals surface area contributed by atoms with Gasteiger partial charge >= 0.3 is 5.97 Å². The van der Waals surface area contributed by atoms with Crippen LogP contribution in [0.15, 0.2) is 79.6 Å². The van der Waals surface area contributed by atoms with Crippen molar-refractivity contribution in [1.82, 2.24) is 25.0 Å². The molecule has 12 heteroatoms. The van der Waals surface area contributed by atoms with Crippen molar-refractivity contribution in [3.8, 4) is 17.0 Å². The van der Waals surface area contributed by atoms with Crippen LogP contribution in [0.25, 0.3) is 22.2 Å². The van der Waals surface area contributed by atoms with Gasteiger partial charge in [-0.05, 0) is 87.3 Å². The Hall–Kier alpha value is -3.96. The summed E-state index contributed by atoms with van der Waals surface area (Å²) in [7, 11) is 0. The minimum absolute atomic E-state index is 0. The average molecular weight is 849 g/mol. The van der Waals surface area contributed by atoms with E-state index in [9.17, 15) is 4.79 Å². The van der Waals surface area contributed by atoms with Crippen molar-refractivity contribution >= 4 is 40.9 Å². The van der Waals surface area contributed by atoms with Crippen molar-refractivity contribution in [2.75, 3.05) is 26.4 Å². The van der Waals surface area contributed by atoms with E-state index in [1.807, 2.05) is 35.4 Å². The molecule has 0 unspecified atom stereocenters. The number of carbonyl (C=O) groups is 1. The number of aromatic nitrogens is 6. The van der Waals surface area contributed by atoms with Crippen LogP contribution < -0.4 is 9.30 Å². The van der Waals surface area contributed by atoms with E-state index in [4.69, 9.17) is 25.8 Å². The van der Waals surface area contributed by atoms with Crippen molar-refractivity contribution in [2.45, 2.75) is 136 Å². The normalized spacial score (nSPS) is 11.2. The monoisotopic (exact) mass is 847 g/mol. The highest BCUT2D eigenvalue weighted by molar-refractivity contribution is 6.36. The van der Waals surface area contributed by atoms with Crippen molar-refractivity contribution in [1.29, 1.82) is 0 Å².